The molecule has 1 aliphatic heterocycles. The molecule has 88 valence electrons. The second kappa shape index (κ2) is 4.02. The zero-order chi connectivity index (χ0) is 11.8. The molecular weight excluding hydrogens is 210 g/mol. The van der Waals surface area contributed by atoms with Crippen LogP contribution in [0.25, 0.3) is 5.57 Å². The average Bonchev–Trinajstić information content (AvgIpc) is 2.64. The van der Waals surface area contributed by atoms with Gasteiger partial charge < -0.3 is 4.90 Å². The summed E-state index contributed by atoms with van der Waals surface area (Å²) in [5.41, 5.74) is 4.11. The monoisotopic (exact) mass is 227 g/mol. The number of hydrogen-bond donors (Lipinski definition) is 0. The number of hydrogen-bond acceptors (Lipinski definition) is 2. The number of piperidine rings is 1. The molecule has 0 atom stereocenters. The molecule has 1 heterocycles. The SMILES string of the molecule is CC1=C(N2CCCCC2)C(=O)c2ccccc21. The lowest BCUT2D eigenvalue weighted by atomic mass is 10.1. The van der Waals surface area contributed by atoms with Gasteiger partial charge in [-0.2, -0.15) is 0 Å². The van der Waals surface area contributed by atoms with Gasteiger partial charge in [0.1, 0.15) is 0 Å². The summed E-state index contributed by atoms with van der Waals surface area (Å²) in [6.45, 7) is 4.15. The highest BCUT2D eigenvalue weighted by molar-refractivity contribution is 6.19. The van der Waals surface area contributed by atoms with Crippen molar-refractivity contribution in [3.63, 3.8) is 0 Å². The van der Waals surface area contributed by atoms with Crippen molar-refractivity contribution in [3.8, 4) is 0 Å². The van der Waals surface area contributed by atoms with Crippen LogP contribution in [0, 0.1) is 0 Å². The maximum atomic E-state index is 12.4. The molecule has 0 aromatic heterocycles. The van der Waals surface area contributed by atoms with Crippen molar-refractivity contribution in [2.45, 2.75) is 26.2 Å². The topological polar surface area (TPSA) is 20.3 Å². The van der Waals surface area contributed by atoms with Crippen LogP contribution in [-0.2, 0) is 0 Å². The Bertz CT molecular complexity index is 495. The van der Waals surface area contributed by atoms with E-state index < -0.39 is 0 Å². The van der Waals surface area contributed by atoms with Gasteiger partial charge >= 0.3 is 0 Å². The number of allylic oxidation sites excluding steroid dienone is 2. The lowest BCUT2D eigenvalue weighted by molar-refractivity contribution is 0.0989. The van der Waals surface area contributed by atoms with E-state index in [1.165, 1.54) is 19.3 Å². The van der Waals surface area contributed by atoms with E-state index in [9.17, 15) is 4.79 Å². The predicted octanol–water partition coefficient (Wildman–Crippen LogP) is 3.10. The first-order valence-electron chi connectivity index (χ1n) is 6.39. The van der Waals surface area contributed by atoms with Gasteiger partial charge in [-0.15, -0.1) is 0 Å². The molecule has 2 aliphatic rings. The molecule has 0 N–H and O–H groups in total. The summed E-state index contributed by atoms with van der Waals surface area (Å²) in [7, 11) is 0. The Kier molecular flexibility index (Phi) is 2.50. The molecule has 1 saturated heterocycles. The van der Waals surface area contributed by atoms with Gasteiger partial charge in [-0.05, 0) is 37.3 Å². The van der Waals surface area contributed by atoms with Crippen molar-refractivity contribution in [1.82, 2.24) is 4.90 Å². The number of Topliss-reactive ketones (excluding diaryl/α,β-unsaturated/α-hetero) is 1. The van der Waals surface area contributed by atoms with Crippen LogP contribution >= 0.6 is 0 Å². The average molecular weight is 227 g/mol. The molecule has 2 nitrogen and oxygen atoms in total. The minimum atomic E-state index is 0.222. The summed E-state index contributed by atoms with van der Waals surface area (Å²) in [5.74, 6) is 0.222. The van der Waals surface area contributed by atoms with E-state index >= 15 is 0 Å². The summed E-state index contributed by atoms with van der Waals surface area (Å²) in [4.78, 5) is 14.7. The van der Waals surface area contributed by atoms with Crippen molar-refractivity contribution in [2.24, 2.45) is 0 Å². The molecule has 1 fully saturated rings. The Balaban J connectivity index is 2.01. The molecule has 0 spiro atoms. The Hall–Kier alpha value is -1.57. The van der Waals surface area contributed by atoms with Crippen LogP contribution in [0.4, 0.5) is 0 Å². The van der Waals surface area contributed by atoms with E-state index in [0.29, 0.717) is 0 Å². The Morgan fingerprint density at radius 1 is 1.00 bits per heavy atom. The van der Waals surface area contributed by atoms with E-state index in [0.717, 1.165) is 35.5 Å². The highest BCUT2D eigenvalue weighted by atomic mass is 16.1. The standard InChI is InChI=1S/C15H17NO/c1-11-12-7-3-4-8-13(12)15(17)14(11)16-9-5-2-6-10-16/h3-4,7-8H,2,5-6,9-10H2,1H3. The lowest BCUT2D eigenvalue weighted by Gasteiger charge is -2.29. The Morgan fingerprint density at radius 2 is 1.65 bits per heavy atom. The molecule has 1 aromatic carbocycles. The molecule has 0 saturated carbocycles. The maximum Gasteiger partial charge on any atom is 0.209 e. The van der Waals surface area contributed by atoms with Crippen LogP contribution in [0.5, 0.6) is 0 Å². The molecule has 1 aromatic rings. The van der Waals surface area contributed by atoms with Crippen LogP contribution in [0.3, 0.4) is 0 Å². The third-order valence-electron chi connectivity index (χ3n) is 3.82. The van der Waals surface area contributed by atoms with E-state index in [-0.39, 0.29) is 5.78 Å². The number of nitrogens with zero attached hydrogens (tertiary/aromatic N) is 1. The van der Waals surface area contributed by atoms with Gasteiger partial charge in [0.2, 0.25) is 5.78 Å². The second-order valence-electron chi connectivity index (χ2n) is 4.90. The van der Waals surface area contributed by atoms with Gasteiger partial charge in [-0.3, -0.25) is 4.79 Å². The normalized spacial score (nSPS) is 19.8. The van der Waals surface area contributed by atoms with E-state index in [1.54, 1.807) is 0 Å². The van der Waals surface area contributed by atoms with Crippen molar-refractivity contribution in [2.75, 3.05) is 13.1 Å². The minimum Gasteiger partial charge on any atom is -0.368 e. The fourth-order valence-corrected chi connectivity index (χ4v) is 2.93. The van der Waals surface area contributed by atoms with E-state index in [2.05, 4.69) is 17.9 Å². The number of carbonyl (C=O) groups is 1. The second-order valence-corrected chi connectivity index (χ2v) is 4.90. The van der Waals surface area contributed by atoms with Gasteiger partial charge in [0, 0.05) is 18.7 Å². The molecule has 17 heavy (non-hydrogen) atoms. The molecule has 2 heteroatoms. The van der Waals surface area contributed by atoms with Crippen LogP contribution in [0.15, 0.2) is 30.0 Å². The summed E-state index contributed by atoms with van der Waals surface area (Å²) in [6.07, 6.45) is 3.71. The van der Waals surface area contributed by atoms with Crippen LogP contribution in [-0.4, -0.2) is 23.8 Å². The summed E-state index contributed by atoms with van der Waals surface area (Å²) >= 11 is 0. The first-order valence-corrected chi connectivity index (χ1v) is 6.39. The van der Waals surface area contributed by atoms with Gasteiger partial charge in [0.25, 0.3) is 0 Å². The molecule has 0 radical (unpaired) electrons. The first-order chi connectivity index (χ1) is 8.29. The smallest absolute Gasteiger partial charge is 0.209 e. The van der Waals surface area contributed by atoms with Gasteiger partial charge in [-0.1, -0.05) is 24.3 Å². The van der Waals surface area contributed by atoms with Crippen molar-refractivity contribution in [1.29, 1.82) is 0 Å². The number of ketones is 1. The fourth-order valence-electron chi connectivity index (χ4n) is 2.93. The maximum absolute atomic E-state index is 12.4. The predicted molar refractivity (Wildman–Crippen MR) is 68.8 cm³/mol. The summed E-state index contributed by atoms with van der Waals surface area (Å²) in [5, 5.41) is 0. The summed E-state index contributed by atoms with van der Waals surface area (Å²) in [6, 6.07) is 7.95. The van der Waals surface area contributed by atoms with Crippen LogP contribution in [0.1, 0.15) is 42.1 Å². The van der Waals surface area contributed by atoms with E-state index in [4.69, 9.17) is 0 Å². The van der Waals surface area contributed by atoms with Crippen molar-refractivity contribution in [3.05, 3.63) is 41.1 Å². The molecule has 0 unspecified atom stereocenters. The number of benzene rings is 1. The van der Waals surface area contributed by atoms with Crippen LogP contribution < -0.4 is 0 Å². The highest BCUT2D eigenvalue weighted by Crippen LogP contribution is 2.35. The van der Waals surface area contributed by atoms with Crippen molar-refractivity contribution < 1.29 is 4.79 Å². The number of carbonyl (C=O) groups excluding carboxylic acids is 1. The largest absolute Gasteiger partial charge is 0.368 e. The quantitative estimate of drug-likeness (QED) is 0.734. The zero-order valence-corrected chi connectivity index (χ0v) is 10.2. The first kappa shape index (κ1) is 10.6. The summed E-state index contributed by atoms with van der Waals surface area (Å²) < 4.78 is 0. The van der Waals surface area contributed by atoms with Gasteiger partial charge in [0.15, 0.2) is 0 Å². The Labute approximate surface area is 102 Å². The van der Waals surface area contributed by atoms with E-state index in [1.807, 2.05) is 18.2 Å². The molecular formula is C15H17NO. The highest BCUT2D eigenvalue weighted by Gasteiger charge is 2.30. The number of likely N-dealkylation sites (tertiary alicyclic amines) is 1. The lowest BCUT2D eigenvalue weighted by Crippen LogP contribution is -2.31. The minimum absolute atomic E-state index is 0.222. The van der Waals surface area contributed by atoms with Crippen molar-refractivity contribution >= 4 is 11.4 Å². The number of rotatable bonds is 1. The molecule has 0 bridgehead atoms. The zero-order valence-electron chi connectivity index (χ0n) is 10.2. The number of fused-ring (bicyclic) bond motifs is 1. The third kappa shape index (κ3) is 1.59. The Morgan fingerprint density at radius 3 is 2.29 bits per heavy atom. The molecule has 1 aliphatic carbocycles. The molecule has 0 amide bonds. The third-order valence-corrected chi connectivity index (χ3v) is 3.82. The van der Waals surface area contributed by atoms with Gasteiger partial charge in [-0.25, -0.2) is 0 Å². The van der Waals surface area contributed by atoms with Gasteiger partial charge in [0.05, 0.1) is 5.70 Å². The fraction of sp³-hybridized carbons (Fsp3) is 0.400. The van der Waals surface area contributed by atoms with Crippen LogP contribution in [0.2, 0.25) is 0 Å². The molecule has 3 rings (SSSR count).